The number of hydrogen-bond acceptors (Lipinski definition) is 3. The standard InChI is InChI=1S/C6H8BrNO2/c1-6(2,9)4-3-10-5(7)8-4/h3,9H,1-2H3. The fourth-order valence-corrected chi connectivity index (χ4v) is 0.817. The van der Waals surface area contributed by atoms with Crippen molar-refractivity contribution in [3.8, 4) is 0 Å². The Kier molecular flexibility index (Phi) is 1.83. The number of aromatic nitrogens is 1. The van der Waals surface area contributed by atoms with Crippen molar-refractivity contribution >= 4 is 15.9 Å². The van der Waals surface area contributed by atoms with Crippen LogP contribution in [0, 0.1) is 0 Å². The third-order valence-corrected chi connectivity index (χ3v) is 1.47. The molecule has 0 aliphatic rings. The van der Waals surface area contributed by atoms with Gasteiger partial charge in [0.25, 0.3) is 4.80 Å². The molecule has 0 saturated heterocycles. The van der Waals surface area contributed by atoms with Gasteiger partial charge in [-0.05, 0) is 13.8 Å². The van der Waals surface area contributed by atoms with E-state index >= 15 is 0 Å². The van der Waals surface area contributed by atoms with Gasteiger partial charge in [0.2, 0.25) is 0 Å². The van der Waals surface area contributed by atoms with E-state index in [1.165, 1.54) is 6.26 Å². The van der Waals surface area contributed by atoms with E-state index in [-0.39, 0.29) is 0 Å². The second kappa shape index (κ2) is 2.36. The molecule has 1 N–H and O–H groups in total. The molecule has 0 unspecified atom stereocenters. The van der Waals surface area contributed by atoms with Crippen LogP contribution in [0.25, 0.3) is 0 Å². The zero-order chi connectivity index (χ0) is 7.78. The Morgan fingerprint density at radius 1 is 1.70 bits per heavy atom. The van der Waals surface area contributed by atoms with Crippen LogP contribution in [-0.4, -0.2) is 10.1 Å². The number of hydrogen-bond donors (Lipinski definition) is 1. The number of aliphatic hydroxyl groups is 1. The van der Waals surface area contributed by atoms with Gasteiger partial charge in [0.15, 0.2) is 0 Å². The average molecular weight is 206 g/mol. The fourth-order valence-electron chi connectivity index (χ4n) is 0.533. The third-order valence-electron chi connectivity index (χ3n) is 1.10. The molecule has 0 aromatic carbocycles. The van der Waals surface area contributed by atoms with Gasteiger partial charge in [-0.15, -0.1) is 0 Å². The van der Waals surface area contributed by atoms with Crippen LogP contribution in [0.2, 0.25) is 0 Å². The van der Waals surface area contributed by atoms with E-state index < -0.39 is 5.60 Å². The van der Waals surface area contributed by atoms with E-state index in [9.17, 15) is 5.11 Å². The summed E-state index contributed by atoms with van der Waals surface area (Å²) in [5.41, 5.74) is -0.394. The molecule has 3 nitrogen and oxygen atoms in total. The minimum atomic E-state index is -0.921. The quantitative estimate of drug-likeness (QED) is 0.759. The molecule has 1 rings (SSSR count). The molecule has 1 aromatic heterocycles. The summed E-state index contributed by atoms with van der Waals surface area (Å²) in [4.78, 5) is 4.28. The molecule has 0 radical (unpaired) electrons. The molecule has 10 heavy (non-hydrogen) atoms. The summed E-state index contributed by atoms with van der Waals surface area (Å²) in [5, 5.41) is 9.36. The van der Waals surface area contributed by atoms with E-state index in [0.717, 1.165) is 0 Å². The Hall–Kier alpha value is -0.350. The van der Waals surface area contributed by atoms with Gasteiger partial charge in [-0.1, -0.05) is 0 Å². The maximum Gasteiger partial charge on any atom is 0.264 e. The highest BCUT2D eigenvalue weighted by Gasteiger charge is 2.19. The van der Waals surface area contributed by atoms with Gasteiger partial charge in [0, 0.05) is 15.9 Å². The van der Waals surface area contributed by atoms with Gasteiger partial charge >= 0.3 is 0 Å². The van der Waals surface area contributed by atoms with Crippen LogP contribution in [0.4, 0.5) is 0 Å². The number of nitrogens with zero attached hydrogens (tertiary/aromatic N) is 1. The van der Waals surface area contributed by atoms with Crippen LogP contribution < -0.4 is 0 Å². The zero-order valence-electron chi connectivity index (χ0n) is 5.76. The Bertz CT molecular complexity index is 226. The van der Waals surface area contributed by atoms with Crippen molar-refractivity contribution < 1.29 is 9.52 Å². The Balaban J connectivity index is 2.96. The van der Waals surface area contributed by atoms with Crippen molar-refractivity contribution in [3.05, 3.63) is 16.8 Å². The van der Waals surface area contributed by atoms with Crippen molar-refractivity contribution in [2.45, 2.75) is 19.4 Å². The summed E-state index contributed by atoms with van der Waals surface area (Å²) >= 11 is 3.04. The molecule has 0 amide bonds. The first kappa shape index (κ1) is 7.75. The molecule has 0 fully saturated rings. The highest BCUT2D eigenvalue weighted by molar-refractivity contribution is 9.10. The predicted molar refractivity (Wildman–Crippen MR) is 39.4 cm³/mol. The van der Waals surface area contributed by atoms with Crippen LogP contribution in [0.3, 0.4) is 0 Å². The van der Waals surface area contributed by atoms with E-state index in [2.05, 4.69) is 20.9 Å². The topological polar surface area (TPSA) is 46.3 Å². The molecule has 0 spiro atoms. The molecule has 1 heterocycles. The highest BCUT2D eigenvalue weighted by atomic mass is 79.9. The monoisotopic (exact) mass is 205 g/mol. The zero-order valence-corrected chi connectivity index (χ0v) is 7.34. The summed E-state index contributed by atoms with van der Waals surface area (Å²) in [5.74, 6) is 0. The van der Waals surface area contributed by atoms with Crippen LogP contribution >= 0.6 is 15.9 Å². The maximum absolute atomic E-state index is 9.36. The van der Waals surface area contributed by atoms with Crippen LogP contribution in [0.5, 0.6) is 0 Å². The first-order chi connectivity index (χ1) is 4.50. The number of oxazole rings is 1. The van der Waals surface area contributed by atoms with Crippen molar-refractivity contribution in [1.82, 2.24) is 4.98 Å². The van der Waals surface area contributed by atoms with Gasteiger partial charge in [-0.3, -0.25) is 0 Å². The minimum Gasteiger partial charge on any atom is -0.439 e. The van der Waals surface area contributed by atoms with Crippen molar-refractivity contribution in [2.24, 2.45) is 0 Å². The van der Waals surface area contributed by atoms with Gasteiger partial charge in [-0.25, -0.2) is 4.98 Å². The van der Waals surface area contributed by atoms with Crippen molar-refractivity contribution in [2.75, 3.05) is 0 Å². The number of rotatable bonds is 1. The summed E-state index contributed by atoms with van der Waals surface area (Å²) in [6.45, 7) is 3.30. The minimum absolute atomic E-state index is 0.393. The summed E-state index contributed by atoms with van der Waals surface area (Å²) in [6, 6.07) is 0. The summed E-state index contributed by atoms with van der Waals surface area (Å²) in [7, 11) is 0. The molecule has 0 atom stereocenters. The molecule has 0 bridgehead atoms. The normalized spacial score (nSPS) is 12.0. The van der Waals surface area contributed by atoms with E-state index in [1.54, 1.807) is 13.8 Å². The Morgan fingerprint density at radius 2 is 2.30 bits per heavy atom. The second-order valence-electron chi connectivity index (χ2n) is 2.54. The molecule has 0 aliphatic carbocycles. The highest BCUT2D eigenvalue weighted by Crippen LogP contribution is 2.20. The summed E-state index contributed by atoms with van der Waals surface area (Å²) in [6.07, 6.45) is 1.42. The van der Waals surface area contributed by atoms with Crippen LogP contribution in [0.1, 0.15) is 19.5 Å². The van der Waals surface area contributed by atoms with Gasteiger partial charge in [-0.2, -0.15) is 0 Å². The van der Waals surface area contributed by atoms with Crippen LogP contribution in [-0.2, 0) is 5.60 Å². The van der Waals surface area contributed by atoms with E-state index in [0.29, 0.717) is 10.5 Å². The third kappa shape index (κ3) is 1.58. The first-order valence-electron chi connectivity index (χ1n) is 2.84. The molecule has 0 saturated carbocycles. The Morgan fingerprint density at radius 3 is 2.50 bits per heavy atom. The molecule has 0 aliphatic heterocycles. The smallest absolute Gasteiger partial charge is 0.264 e. The fraction of sp³-hybridized carbons (Fsp3) is 0.500. The first-order valence-corrected chi connectivity index (χ1v) is 3.63. The second-order valence-corrected chi connectivity index (χ2v) is 3.22. The lowest BCUT2D eigenvalue weighted by Crippen LogP contribution is -2.15. The summed E-state index contributed by atoms with van der Waals surface area (Å²) < 4.78 is 4.84. The van der Waals surface area contributed by atoms with Gasteiger partial charge < -0.3 is 9.52 Å². The van der Waals surface area contributed by atoms with Crippen LogP contribution in [0.15, 0.2) is 15.5 Å². The van der Waals surface area contributed by atoms with Gasteiger partial charge in [0.05, 0.1) is 0 Å². The van der Waals surface area contributed by atoms with Crippen molar-refractivity contribution in [1.29, 1.82) is 0 Å². The lowest BCUT2D eigenvalue weighted by atomic mass is 10.1. The van der Waals surface area contributed by atoms with Crippen molar-refractivity contribution in [3.63, 3.8) is 0 Å². The molecular formula is C6H8BrNO2. The SMILES string of the molecule is CC(C)(O)c1coc(Br)n1. The largest absolute Gasteiger partial charge is 0.439 e. The lowest BCUT2D eigenvalue weighted by molar-refractivity contribution is 0.0737. The van der Waals surface area contributed by atoms with E-state index in [1.807, 2.05) is 0 Å². The predicted octanol–water partition coefficient (Wildman–Crippen LogP) is 1.66. The lowest BCUT2D eigenvalue weighted by Gasteiger charge is -2.11. The van der Waals surface area contributed by atoms with Gasteiger partial charge in [0.1, 0.15) is 17.6 Å². The maximum atomic E-state index is 9.36. The Labute approximate surface area is 67.2 Å². The molecule has 4 heteroatoms. The molecule has 1 aromatic rings. The molecular weight excluding hydrogens is 198 g/mol. The number of halogens is 1. The molecule has 56 valence electrons. The average Bonchev–Trinajstić information content (AvgIpc) is 2.11. The van der Waals surface area contributed by atoms with E-state index in [4.69, 9.17) is 4.42 Å².